The van der Waals surface area contributed by atoms with Gasteiger partial charge < -0.3 is 9.84 Å². The van der Waals surface area contributed by atoms with Gasteiger partial charge in [0.25, 0.3) is 0 Å². The minimum atomic E-state index is -0.528. The van der Waals surface area contributed by atoms with Crippen molar-refractivity contribution in [3.8, 4) is 11.8 Å². The average Bonchev–Trinajstić information content (AvgIpc) is 2.46. The van der Waals surface area contributed by atoms with Crippen molar-refractivity contribution in [3.63, 3.8) is 0 Å². The molecule has 102 valence electrons. The van der Waals surface area contributed by atoms with Crippen molar-refractivity contribution in [1.29, 1.82) is 5.26 Å². The molecule has 0 amide bonds. The Labute approximate surface area is 116 Å². The zero-order chi connectivity index (χ0) is 14.5. The highest BCUT2D eigenvalue weighted by Crippen LogP contribution is 2.19. The molecule has 0 aromatic heterocycles. The first-order valence-corrected chi connectivity index (χ1v) is 6.19. The standard InChI is InChI=1S/C16H14FNO2/c1-11(19)13-4-6-15(7-5-13)20-10-14-3-2-12(9-18)8-16(14)17/h2-8,11,19H,10H2,1H3/t11-/m1/s1. The molecule has 4 heteroatoms. The molecule has 0 saturated heterocycles. The Morgan fingerprint density at radius 1 is 1.25 bits per heavy atom. The molecule has 0 radical (unpaired) electrons. The highest BCUT2D eigenvalue weighted by molar-refractivity contribution is 5.33. The van der Waals surface area contributed by atoms with E-state index >= 15 is 0 Å². The van der Waals surface area contributed by atoms with Gasteiger partial charge in [-0.15, -0.1) is 0 Å². The average molecular weight is 271 g/mol. The Morgan fingerprint density at radius 3 is 2.50 bits per heavy atom. The van der Waals surface area contributed by atoms with Crippen LogP contribution in [0.25, 0.3) is 0 Å². The number of aliphatic hydroxyl groups is 1. The van der Waals surface area contributed by atoms with Crippen molar-refractivity contribution in [3.05, 3.63) is 65.0 Å². The smallest absolute Gasteiger partial charge is 0.131 e. The van der Waals surface area contributed by atoms with E-state index in [9.17, 15) is 9.50 Å². The van der Waals surface area contributed by atoms with Crippen LogP contribution in [0, 0.1) is 17.1 Å². The summed E-state index contributed by atoms with van der Waals surface area (Å²) in [6, 6.07) is 13.1. The van der Waals surface area contributed by atoms with Crippen molar-refractivity contribution in [2.24, 2.45) is 0 Å². The van der Waals surface area contributed by atoms with E-state index in [1.807, 2.05) is 6.07 Å². The van der Waals surface area contributed by atoms with Gasteiger partial charge in [-0.2, -0.15) is 5.26 Å². The number of ether oxygens (including phenoxy) is 1. The van der Waals surface area contributed by atoms with Gasteiger partial charge in [-0.05, 0) is 36.8 Å². The number of halogens is 1. The number of nitriles is 1. The highest BCUT2D eigenvalue weighted by atomic mass is 19.1. The van der Waals surface area contributed by atoms with E-state index in [0.29, 0.717) is 11.3 Å². The summed E-state index contributed by atoms with van der Waals surface area (Å²) in [5.74, 6) is 0.141. The molecule has 0 unspecified atom stereocenters. The molecule has 0 heterocycles. The zero-order valence-corrected chi connectivity index (χ0v) is 11.0. The Balaban J connectivity index is 2.03. The van der Waals surface area contributed by atoms with Crippen molar-refractivity contribution in [2.75, 3.05) is 0 Å². The Bertz CT molecular complexity index is 630. The Morgan fingerprint density at radius 2 is 1.95 bits per heavy atom. The summed E-state index contributed by atoms with van der Waals surface area (Å²) in [5, 5.41) is 18.1. The van der Waals surface area contributed by atoms with Crippen LogP contribution in [-0.2, 0) is 6.61 Å². The summed E-state index contributed by atoms with van der Waals surface area (Å²) in [7, 11) is 0. The van der Waals surface area contributed by atoms with Crippen molar-refractivity contribution in [1.82, 2.24) is 0 Å². The largest absolute Gasteiger partial charge is 0.489 e. The molecule has 1 N–H and O–H groups in total. The highest BCUT2D eigenvalue weighted by Gasteiger charge is 2.05. The summed E-state index contributed by atoms with van der Waals surface area (Å²) in [6.45, 7) is 1.77. The number of nitrogens with zero attached hydrogens (tertiary/aromatic N) is 1. The lowest BCUT2D eigenvalue weighted by Crippen LogP contribution is -1.99. The number of aliphatic hydroxyl groups excluding tert-OH is 1. The summed E-state index contributed by atoms with van der Waals surface area (Å²) in [5.41, 5.74) is 1.47. The fourth-order valence-electron chi connectivity index (χ4n) is 1.74. The van der Waals surface area contributed by atoms with E-state index in [0.717, 1.165) is 5.56 Å². The van der Waals surface area contributed by atoms with Gasteiger partial charge in [0.1, 0.15) is 18.2 Å². The molecule has 0 aliphatic carbocycles. The van der Waals surface area contributed by atoms with E-state index in [4.69, 9.17) is 10.00 Å². The summed E-state index contributed by atoms with van der Waals surface area (Å²) in [6.07, 6.45) is -0.528. The lowest BCUT2D eigenvalue weighted by molar-refractivity contribution is 0.199. The molecule has 0 saturated carbocycles. The Hall–Kier alpha value is -2.38. The second-order valence-corrected chi connectivity index (χ2v) is 4.45. The first kappa shape index (κ1) is 14.0. The molecule has 0 bridgehead atoms. The topological polar surface area (TPSA) is 53.2 Å². The van der Waals surface area contributed by atoms with E-state index in [1.165, 1.54) is 12.1 Å². The summed E-state index contributed by atoms with van der Waals surface area (Å²) >= 11 is 0. The van der Waals surface area contributed by atoms with Crippen LogP contribution in [0.4, 0.5) is 4.39 Å². The number of hydrogen-bond donors (Lipinski definition) is 1. The number of rotatable bonds is 4. The lowest BCUT2D eigenvalue weighted by atomic mass is 10.1. The van der Waals surface area contributed by atoms with Crippen molar-refractivity contribution >= 4 is 0 Å². The second-order valence-electron chi connectivity index (χ2n) is 4.45. The lowest BCUT2D eigenvalue weighted by Gasteiger charge is -2.09. The molecule has 3 nitrogen and oxygen atoms in total. The Kier molecular flexibility index (Phi) is 4.34. The third kappa shape index (κ3) is 3.34. The van der Waals surface area contributed by atoms with Crippen LogP contribution in [-0.4, -0.2) is 5.11 Å². The van der Waals surface area contributed by atoms with Crippen LogP contribution in [0.3, 0.4) is 0 Å². The summed E-state index contributed by atoms with van der Waals surface area (Å²) in [4.78, 5) is 0. The minimum Gasteiger partial charge on any atom is -0.489 e. The summed E-state index contributed by atoms with van der Waals surface area (Å²) < 4.78 is 19.1. The van der Waals surface area contributed by atoms with E-state index < -0.39 is 11.9 Å². The third-order valence-corrected chi connectivity index (χ3v) is 2.94. The molecule has 0 aliphatic heterocycles. The second kappa shape index (κ2) is 6.18. The maximum absolute atomic E-state index is 13.6. The maximum Gasteiger partial charge on any atom is 0.131 e. The van der Waals surface area contributed by atoms with E-state index in [-0.39, 0.29) is 12.2 Å². The molecule has 2 rings (SSSR count). The molecule has 2 aromatic rings. The van der Waals surface area contributed by atoms with Gasteiger partial charge in [-0.1, -0.05) is 18.2 Å². The van der Waals surface area contributed by atoms with Gasteiger partial charge in [0.15, 0.2) is 0 Å². The van der Waals surface area contributed by atoms with Crippen LogP contribution in [0.1, 0.15) is 29.7 Å². The zero-order valence-electron chi connectivity index (χ0n) is 11.0. The monoisotopic (exact) mass is 271 g/mol. The van der Waals surface area contributed by atoms with Crippen LogP contribution in [0.5, 0.6) is 5.75 Å². The molecule has 0 spiro atoms. The number of hydrogen-bond acceptors (Lipinski definition) is 3. The van der Waals surface area contributed by atoms with Crippen molar-refractivity contribution < 1.29 is 14.2 Å². The third-order valence-electron chi connectivity index (χ3n) is 2.94. The van der Waals surface area contributed by atoms with Crippen molar-refractivity contribution in [2.45, 2.75) is 19.6 Å². The van der Waals surface area contributed by atoms with Gasteiger partial charge in [0.2, 0.25) is 0 Å². The van der Waals surface area contributed by atoms with E-state index in [1.54, 1.807) is 37.3 Å². The molecule has 1 atom stereocenters. The first-order chi connectivity index (χ1) is 9.60. The minimum absolute atomic E-state index is 0.0889. The van der Waals surface area contributed by atoms with Crippen LogP contribution in [0.15, 0.2) is 42.5 Å². The van der Waals surface area contributed by atoms with E-state index in [2.05, 4.69) is 0 Å². The molecular formula is C16H14FNO2. The van der Waals surface area contributed by atoms with Gasteiger partial charge in [0.05, 0.1) is 17.7 Å². The van der Waals surface area contributed by atoms with Gasteiger partial charge in [0, 0.05) is 5.56 Å². The molecule has 20 heavy (non-hydrogen) atoms. The SMILES string of the molecule is C[C@@H](O)c1ccc(OCc2ccc(C#N)cc2F)cc1. The fourth-order valence-corrected chi connectivity index (χ4v) is 1.74. The quantitative estimate of drug-likeness (QED) is 0.928. The molecule has 0 fully saturated rings. The van der Waals surface area contributed by atoms with Crippen LogP contribution >= 0.6 is 0 Å². The predicted molar refractivity (Wildman–Crippen MR) is 72.5 cm³/mol. The predicted octanol–water partition coefficient (Wildman–Crippen LogP) is 3.33. The fraction of sp³-hybridized carbons (Fsp3) is 0.188. The first-order valence-electron chi connectivity index (χ1n) is 6.19. The van der Waals surface area contributed by atoms with Crippen LogP contribution in [0.2, 0.25) is 0 Å². The molecule has 0 aliphatic rings. The maximum atomic E-state index is 13.6. The van der Waals surface area contributed by atoms with Crippen LogP contribution < -0.4 is 4.74 Å². The number of benzene rings is 2. The van der Waals surface area contributed by atoms with Gasteiger partial charge in [-0.25, -0.2) is 4.39 Å². The van der Waals surface area contributed by atoms with Gasteiger partial charge >= 0.3 is 0 Å². The van der Waals surface area contributed by atoms with Gasteiger partial charge in [-0.3, -0.25) is 0 Å². The molecular weight excluding hydrogens is 257 g/mol. The normalized spacial score (nSPS) is 11.7. The molecule has 2 aromatic carbocycles.